The number of hydrogen-bond donors (Lipinski definition) is 2. The summed E-state index contributed by atoms with van der Waals surface area (Å²) in [5, 5.41) is 11.0. The third-order valence-electron chi connectivity index (χ3n) is 2.27. The zero-order valence-electron chi connectivity index (χ0n) is 9.99. The summed E-state index contributed by atoms with van der Waals surface area (Å²) in [6.07, 6.45) is 1.48. The van der Waals surface area contributed by atoms with Crippen LogP contribution in [0.1, 0.15) is 11.5 Å². The van der Waals surface area contributed by atoms with Crippen LogP contribution in [0.25, 0.3) is 0 Å². The Labute approximate surface area is 107 Å². The maximum atomic E-state index is 11.0. The second kappa shape index (κ2) is 5.31. The number of furan rings is 1. The van der Waals surface area contributed by atoms with Gasteiger partial charge in [0.1, 0.15) is 18.1 Å². The van der Waals surface area contributed by atoms with E-state index in [0.29, 0.717) is 5.76 Å². The molecule has 0 unspecified atom stereocenters. The Kier molecular flexibility index (Phi) is 3.57. The predicted octanol–water partition coefficient (Wildman–Crippen LogP) is 1.15. The van der Waals surface area contributed by atoms with E-state index in [1.54, 1.807) is 12.1 Å². The highest BCUT2D eigenvalue weighted by atomic mass is 16.6. The van der Waals surface area contributed by atoms with Crippen LogP contribution in [-0.4, -0.2) is 14.9 Å². The van der Waals surface area contributed by atoms with E-state index in [-0.39, 0.29) is 29.8 Å². The molecule has 100 valence electrons. The Bertz CT molecular complexity index is 584. The fourth-order valence-electron chi connectivity index (χ4n) is 1.45. The summed E-state index contributed by atoms with van der Waals surface area (Å²) in [5.74, 6) is 5.58. The van der Waals surface area contributed by atoms with Crippen molar-refractivity contribution in [2.24, 2.45) is 5.84 Å². The topological polar surface area (TPSA) is 129 Å². The minimum absolute atomic E-state index is 0.0221. The summed E-state index contributed by atoms with van der Waals surface area (Å²) in [5.41, 5.74) is 2.07. The SMILES string of the molecule is Cc1nc(NN)nc(OCc2ccco2)c1[N+](=O)[O-]. The van der Waals surface area contributed by atoms with E-state index in [9.17, 15) is 10.1 Å². The fraction of sp³-hybridized carbons (Fsp3) is 0.200. The molecule has 0 bridgehead atoms. The van der Waals surface area contributed by atoms with Gasteiger partial charge in [0.2, 0.25) is 5.95 Å². The van der Waals surface area contributed by atoms with Gasteiger partial charge in [-0.25, -0.2) is 10.8 Å². The lowest BCUT2D eigenvalue weighted by Crippen LogP contribution is -2.13. The number of ether oxygens (including phenoxy) is 1. The number of hydrogen-bond acceptors (Lipinski definition) is 8. The summed E-state index contributed by atoms with van der Waals surface area (Å²) >= 11 is 0. The standard InChI is InChI=1S/C10H11N5O4/c1-6-8(15(16)17)9(13-10(12-6)14-11)19-5-7-3-2-4-18-7/h2-4H,5,11H2,1H3,(H,12,13,14). The first-order valence-corrected chi connectivity index (χ1v) is 5.26. The molecule has 2 rings (SSSR count). The molecule has 2 heterocycles. The van der Waals surface area contributed by atoms with Gasteiger partial charge in [-0.1, -0.05) is 0 Å². The smallest absolute Gasteiger partial charge is 0.352 e. The number of rotatable bonds is 5. The molecule has 2 aromatic rings. The summed E-state index contributed by atoms with van der Waals surface area (Å²) in [6.45, 7) is 1.49. The molecule has 19 heavy (non-hydrogen) atoms. The van der Waals surface area contributed by atoms with E-state index in [0.717, 1.165) is 0 Å². The minimum Gasteiger partial charge on any atom is -0.466 e. The van der Waals surface area contributed by atoms with Gasteiger partial charge in [-0.2, -0.15) is 4.98 Å². The minimum atomic E-state index is -0.604. The van der Waals surface area contributed by atoms with E-state index >= 15 is 0 Å². The van der Waals surface area contributed by atoms with Crippen molar-refractivity contribution in [3.63, 3.8) is 0 Å². The average Bonchev–Trinajstić information content (AvgIpc) is 2.88. The van der Waals surface area contributed by atoms with E-state index in [1.165, 1.54) is 13.2 Å². The molecule has 9 heteroatoms. The number of hydrazine groups is 1. The molecule has 2 aromatic heterocycles. The van der Waals surface area contributed by atoms with Gasteiger partial charge >= 0.3 is 5.69 Å². The normalized spacial score (nSPS) is 10.2. The maximum Gasteiger partial charge on any atom is 0.352 e. The third-order valence-corrected chi connectivity index (χ3v) is 2.27. The number of nitrogens with one attached hydrogen (secondary N) is 1. The summed E-state index contributed by atoms with van der Waals surface area (Å²) in [6, 6.07) is 3.37. The Hall–Kier alpha value is -2.68. The van der Waals surface area contributed by atoms with Crippen LogP contribution in [0.4, 0.5) is 11.6 Å². The van der Waals surface area contributed by atoms with Crippen molar-refractivity contribution in [2.75, 3.05) is 5.43 Å². The number of nitrogen functional groups attached to an aromatic ring is 1. The van der Waals surface area contributed by atoms with Crippen LogP contribution in [0.3, 0.4) is 0 Å². The molecule has 0 fully saturated rings. The summed E-state index contributed by atoms with van der Waals surface area (Å²) in [4.78, 5) is 18.0. The van der Waals surface area contributed by atoms with Gasteiger partial charge in [-0.3, -0.25) is 15.5 Å². The molecule has 3 N–H and O–H groups in total. The maximum absolute atomic E-state index is 11.0. The lowest BCUT2D eigenvalue weighted by Gasteiger charge is -2.07. The van der Waals surface area contributed by atoms with E-state index < -0.39 is 4.92 Å². The van der Waals surface area contributed by atoms with E-state index in [1.807, 2.05) is 0 Å². The summed E-state index contributed by atoms with van der Waals surface area (Å²) in [7, 11) is 0. The number of nitrogens with two attached hydrogens (primary N) is 1. The first kappa shape index (κ1) is 12.8. The molecule has 9 nitrogen and oxygen atoms in total. The highest BCUT2D eigenvalue weighted by Gasteiger charge is 2.23. The van der Waals surface area contributed by atoms with Crippen molar-refractivity contribution in [1.29, 1.82) is 0 Å². The zero-order chi connectivity index (χ0) is 13.8. The lowest BCUT2D eigenvalue weighted by atomic mass is 10.3. The molecule has 0 aliphatic carbocycles. The van der Waals surface area contributed by atoms with Crippen LogP contribution in [-0.2, 0) is 6.61 Å². The number of aryl methyl sites for hydroxylation is 1. The molecule has 0 amide bonds. The first-order valence-electron chi connectivity index (χ1n) is 5.26. The quantitative estimate of drug-likeness (QED) is 0.467. The molecule has 0 aromatic carbocycles. The monoisotopic (exact) mass is 265 g/mol. The van der Waals surface area contributed by atoms with E-state index in [2.05, 4.69) is 15.4 Å². The fourth-order valence-corrected chi connectivity index (χ4v) is 1.45. The number of anilines is 1. The second-order valence-electron chi connectivity index (χ2n) is 3.56. The van der Waals surface area contributed by atoms with Gasteiger partial charge in [0, 0.05) is 0 Å². The van der Waals surface area contributed by atoms with Crippen LogP contribution >= 0.6 is 0 Å². The Morgan fingerprint density at radius 1 is 1.58 bits per heavy atom. The Balaban J connectivity index is 2.30. The predicted molar refractivity (Wildman–Crippen MR) is 64.3 cm³/mol. The lowest BCUT2D eigenvalue weighted by molar-refractivity contribution is -0.387. The van der Waals surface area contributed by atoms with Crippen LogP contribution in [0, 0.1) is 17.0 Å². The number of aromatic nitrogens is 2. The third kappa shape index (κ3) is 2.77. The first-order chi connectivity index (χ1) is 9.11. The van der Waals surface area contributed by atoms with Gasteiger partial charge in [0.25, 0.3) is 5.88 Å². The van der Waals surface area contributed by atoms with Crippen LogP contribution in [0.5, 0.6) is 5.88 Å². The molecular weight excluding hydrogens is 254 g/mol. The van der Waals surface area contributed by atoms with Crippen molar-refractivity contribution in [3.8, 4) is 5.88 Å². The largest absolute Gasteiger partial charge is 0.466 e. The van der Waals surface area contributed by atoms with Crippen molar-refractivity contribution >= 4 is 11.6 Å². The Morgan fingerprint density at radius 2 is 2.37 bits per heavy atom. The van der Waals surface area contributed by atoms with Gasteiger partial charge in [0.15, 0.2) is 0 Å². The molecule has 0 aliphatic rings. The van der Waals surface area contributed by atoms with Crippen molar-refractivity contribution in [3.05, 3.63) is 40.0 Å². The van der Waals surface area contributed by atoms with Crippen LogP contribution < -0.4 is 16.0 Å². The van der Waals surface area contributed by atoms with Gasteiger partial charge in [-0.15, -0.1) is 0 Å². The van der Waals surface area contributed by atoms with Gasteiger partial charge < -0.3 is 9.15 Å². The van der Waals surface area contributed by atoms with Crippen LogP contribution in [0.2, 0.25) is 0 Å². The van der Waals surface area contributed by atoms with Crippen molar-refractivity contribution in [2.45, 2.75) is 13.5 Å². The summed E-state index contributed by atoms with van der Waals surface area (Å²) < 4.78 is 10.3. The highest BCUT2D eigenvalue weighted by Crippen LogP contribution is 2.29. The van der Waals surface area contributed by atoms with Crippen molar-refractivity contribution < 1.29 is 14.1 Å². The number of nitrogens with zero attached hydrogens (tertiary/aromatic N) is 3. The van der Waals surface area contributed by atoms with E-state index in [4.69, 9.17) is 15.0 Å². The Morgan fingerprint density at radius 3 is 2.95 bits per heavy atom. The van der Waals surface area contributed by atoms with Crippen LogP contribution in [0.15, 0.2) is 22.8 Å². The van der Waals surface area contributed by atoms with Crippen molar-refractivity contribution in [1.82, 2.24) is 9.97 Å². The molecule has 0 saturated heterocycles. The zero-order valence-corrected chi connectivity index (χ0v) is 9.99. The molecule has 0 saturated carbocycles. The van der Waals surface area contributed by atoms with Gasteiger partial charge in [-0.05, 0) is 19.1 Å². The second-order valence-corrected chi connectivity index (χ2v) is 3.56. The molecule has 0 aliphatic heterocycles. The molecule has 0 radical (unpaired) electrons. The average molecular weight is 265 g/mol. The number of nitro groups is 1. The molecule has 0 spiro atoms. The highest BCUT2D eigenvalue weighted by molar-refractivity contribution is 5.48. The molecule has 0 atom stereocenters. The molecular formula is C10H11N5O4. The van der Waals surface area contributed by atoms with Gasteiger partial charge in [0.05, 0.1) is 11.2 Å².